The first-order valence-electron chi connectivity index (χ1n) is 14.8. The molecule has 3 amide bonds. The van der Waals surface area contributed by atoms with E-state index >= 15 is 0 Å². The standard InChI is InChI=1S/C30H47N3O5/c1-7-13-21(6)32-18-12-15-30-24(27(36)33(25(30)28(32)37)22(19-34)20(5)9-3)23-26(35)31(16-8-2)17-11-14-29(23,10-4)38-30/h11-12,14-15,20-25,34H,7-10,13,16-19H2,1-6H3/t20-,21?,22-,23+,24-,25?,29-,30-/m0/s1. The van der Waals surface area contributed by atoms with Crippen molar-refractivity contribution >= 4 is 17.7 Å². The summed E-state index contributed by atoms with van der Waals surface area (Å²) in [6, 6.07) is -1.48. The molecule has 4 rings (SSSR count). The fraction of sp³-hybridized carbons (Fsp3) is 0.767. The second-order valence-electron chi connectivity index (χ2n) is 11.7. The molecule has 0 radical (unpaired) electrons. The fourth-order valence-corrected chi connectivity index (χ4v) is 7.38. The number of likely N-dealkylation sites (tertiary alicyclic amines) is 1. The van der Waals surface area contributed by atoms with Gasteiger partial charge in [-0.25, -0.2) is 0 Å². The van der Waals surface area contributed by atoms with E-state index in [1.54, 1.807) is 4.90 Å². The molecular weight excluding hydrogens is 482 g/mol. The lowest BCUT2D eigenvalue weighted by atomic mass is 9.73. The van der Waals surface area contributed by atoms with E-state index in [2.05, 4.69) is 6.92 Å². The van der Waals surface area contributed by atoms with Crippen molar-refractivity contribution in [3.63, 3.8) is 0 Å². The summed E-state index contributed by atoms with van der Waals surface area (Å²) in [5.41, 5.74) is -2.24. The summed E-state index contributed by atoms with van der Waals surface area (Å²) in [4.78, 5) is 48.6. The number of carbonyl (C=O) groups is 3. The Balaban J connectivity index is 1.92. The molecule has 8 atom stereocenters. The maximum absolute atomic E-state index is 14.6. The number of fused-ring (bicyclic) bond motifs is 2. The van der Waals surface area contributed by atoms with E-state index in [9.17, 15) is 19.5 Å². The molecule has 4 heterocycles. The maximum atomic E-state index is 14.6. The van der Waals surface area contributed by atoms with Gasteiger partial charge in [-0.3, -0.25) is 14.4 Å². The summed E-state index contributed by atoms with van der Waals surface area (Å²) < 4.78 is 7.03. The highest BCUT2D eigenvalue weighted by Crippen LogP contribution is 2.59. The van der Waals surface area contributed by atoms with Gasteiger partial charge < -0.3 is 24.5 Å². The molecular formula is C30H47N3O5. The molecule has 0 aromatic rings. The Morgan fingerprint density at radius 1 is 0.974 bits per heavy atom. The van der Waals surface area contributed by atoms with Crippen molar-refractivity contribution in [2.24, 2.45) is 17.8 Å². The molecule has 8 nitrogen and oxygen atoms in total. The molecule has 0 saturated carbocycles. The van der Waals surface area contributed by atoms with Gasteiger partial charge in [0.25, 0.3) is 0 Å². The first-order valence-corrected chi connectivity index (χ1v) is 14.8. The number of rotatable bonds is 10. The van der Waals surface area contributed by atoms with E-state index in [0.29, 0.717) is 26.1 Å². The minimum absolute atomic E-state index is 0.00642. The highest BCUT2D eigenvalue weighted by molar-refractivity contribution is 6.00. The van der Waals surface area contributed by atoms with E-state index < -0.39 is 35.1 Å². The van der Waals surface area contributed by atoms with Crippen LogP contribution in [0.15, 0.2) is 24.3 Å². The first-order chi connectivity index (χ1) is 18.2. The van der Waals surface area contributed by atoms with E-state index in [1.165, 1.54) is 0 Å². The van der Waals surface area contributed by atoms with Crippen LogP contribution in [0.2, 0.25) is 0 Å². The summed E-state index contributed by atoms with van der Waals surface area (Å²) in [5, 5.41) is 10.5. The van der Waals surface area contributed by atoms with Crippen LogP contribution in [0.25, 0.3) is 0 Å². The Hall–Kier alpha value is -2.19. The Bertz CT molecular complexity index is 981. The molecule has 8 heteroatoms. The van der Waals surface area contributed by atoms with E-state index in [4.69, 9.17) is 4.74 Å². The minimum Gasteiger partial charge on any atom is -0.394 e. The third-order valence-corrected chi connectivity index (χ3v) is 9.57. The topological polar surface area (TPSA) is 90.4 Å². The van der Waals surface area contributed by atoms with Crippen molar-refractivity contribution in [1.29, 1.82) is 0 Å². The van der Waals surface area contributed by atoms with Gasteiger partial charge in [0.15, 0.2) is 0 Å². The van der Waals surface area contributed by atoms with Crippen LogP contribution in [-0.2, 0) is 19.1 Å². The number of carbonyl (C=O) groups excluding carboxylic acids is 3. The van der Waals surface area contributed by atoms with Crippen molar-refractivity contribution in [3.05, 3.63) is 24.3 Å². The molecule has 0 aromatic heterocycles. The number of aliphatic hydroxyl groups excluding tert-OH is 1. The average molecular weight is 530 g/mol. The molecule has 4 aliphatic heterocycles. The quantitative estimate of drug-likeness (QED) is 0.439. The Kier molecular flexibility index (Phi) is 8.43. The summed E-state index contributed by atoms with van der Waals surface area (Å²) >= 11 is 0. The molecule has 2 saturated heterocycles. The minimum atomic E-state index is -1.27. The second kappa shape index (κ2) is 11.1. The Morgan fingerprint density at radius 3 is 2.29 bits per heavy atom. The summed E-state index contributed by atoms with van der Waals surface area (Å²) in [6.45, 7) is 13.5. The van der Waals surface area contributed by atoms with Gasteiger partial charge in [0.2, 0.25) is 17.7 Å². The molecule has 0 bridgehead atoms. The third kappa shape index (κ3) is 4.23. The van der Waals surface area contributed by atoms with Crippen LogP contribution in [-0.4, -0.2) is 93.1 Å². The number of amides is 3. The normalized spacial score (nSPS) is 35.1. The maximum Gasteiger partial charge on any atom is 0.249 e. The van der Waals surface area contributed by atoms with Crippen molar-refractivity contribution in [2.75, 3.05) is 26.2 Å². The van der Waals surface area contributed by atoms with Gasteiger partial charge in [-0.15, -0.1) is 0 Å². The number of aliphatic hydroxyl groups is 1. The molecule has 2 fully saturated rings. The predicted molar refractivity (Wildman–Crippen MR) is 146 cm³/mol. The number of nitrogens with zero attached hydrogens (tertiary/aromatic N) is 3. The molecule has 1 N–H and O–H groups in total. The number of hydrogen-bond donors (Lipinski definition) is 1. The lowest BCUT2D eigenvalue weighted by molar-refractivity contribution is -0.159. The van der Waals surface area contributed by atoms with Gasteiger partial charge in [0.1, 0.15) is 11.6 Å². The predicted octanol–water partition coefficient (Wildman–Crippen LogP) is 3.15. The Labute approximate surface area is 228 Å². The largest absolute Gasteiger partial charge is 0.394 e. The van der Waals surface area contributed by atoms with Gasteiger partial charge in [-0.2, -0.15) is 0 Å². The molecule has 0 aromatic carbocycles. The Morgan fingerprint density at radius 2 is 1.68 bits per heavy atom. The van der Waals surface area contributed by atoms with E-state index in [-0.39, 0.29) is 36.3 Å². The first kappa shape index (κ1) is 28.8. The van der Waals surface area contributed by atoms with Gasteiger partial charge in [0.05, 0.1) is 30.1 Å². The van der Waals surface area contributed by atoms with Crippen molar-refractivity contribution in [3.8, 4) is 0 Å². The lowest BCUT2D eigenvalue weighted by Crippen LogP contribution is -2.60. The van der Waals surface area contributed by atoms with Crippen LogP contribution in [0.1, 0.15) is 73.6 Å². The van der Waals surface area contributed by atoms with Crippen LogP contribution in [0.3, 0.4) is 0 Å². The zero-order valence-electron chi connectivity index (χ0n) is 24.1. The van der Waals surface area contributed by atoms with Crippen molar-refractivity contribution in [1.82, 2.24) is 14.7 Å². The number of hydrogen-bond acceptors (Lipinski definition) is 5. The zero-order chi connectivity index (χ0) is 27.8. The fourth-order valence-electron chi connectivity index (χ4n) is 7.38. The van der Waals surface area contributed by atoms with Crippen LogP contribution in [0.4, 0.5) is 0 Å². The van der Waals surface area contributed by atoms with Gasteiger partial charge in [0, 0.05) is 25.7 Å². The molecule has 4 aliphatic rings. The highest BCUT2D eigenvalue weighted by Gasteiger charge is 2.76. The second-order valence-corrected chi connectivity index (χ2v) is 11.7. The molecule has 0 aliphatic carbocycles. The van der Waals surface area contributed by atoms with Crippen molar-refractivity contribution < 1.29 is 24.2 Å². The number of ether oxygens (including phenoxy) is 1. The lowest BCUT2D eigenvalue weighted by Gasteiger charge is -2.43. The average Bonchev–Trinajstić information content (AvgIpc) is 3.19. The highest BCUT2D eigenvalue weighted by atomic mass is 16.5. The molecule has 38 heavy (non-hydrogen) atoms. The molecule has 2 unspecified atom stereocenters. The zero-order valence-corrected chi connectivity index (χ0v) is 24.1. The summed E-state index contributed by atoms with van der Waals surface area (Å²) in [7, 11) is 0. The van der Waals surface area contributed by atoms with E-state index in [0.717, 1.165) is 25.7 Å². The van der Waals surface area contributed by atoms with Gasteiger partial charge >= 0.3 is 0 Å². The third-order valence-electron chi connectivity index (χ3n) is 9.57. The van der Waals surface area contributed by atoms with Crippen LogP contribution >= 0.6 is 0 Å². The van der Waals surface area contributed by atoms with Crippen LogP contribution in [0.5, 0.6) is 0 Å². The molecule has 212 valence electrons. The van der Waals surface area contributed by atoms with Crippen LogP contribution in [0, 0.1) is 17.8 Å². The van der Waals surface area contributed by atoms with Gasteiger partial charge in [-0.05, 0) is 32.1 Å². The van der Waals surface area contributed by atoms with Crippen LogP contribution < -0.4 is 0 Å². The molecule has 1 spiro atoms. The summed E-state index contributed by atoms with van der Waals surface area (Å²) in [6.07, 6.45) is 11.7. The van der Waals surface area contributed by atoms with Gasteiger partial charge in [-0.1, -0.05) is 71.8 Å². The monoisotopic (exact) mass is 529 g/mol. The van der Waals surface area contributed by atoms with Crippen molar-refractivity contribution in [2.45, 2.75) is 103 Å². The van der Waals surface area contributed by atoms with E-state index in [1.807, 2.05) is 68.7 Å². The SMILES string of the molecule is CCCC(C)N1CC=C[C@]23O[C@@]4(CC)C=CCN(CCC)C(=O)[C@H]4[C@H]2C(=O)N([C@@H](CO)[C@@H](C)CC)C3C1=O. The summed E-state index contributed by atoms with van der Waals surface area (Å²) in [5.74, 6) is -2.08. The smallest absolute Gasteiger partial charge is 0.249 e.